The van der Waals surface area contributed by atoms with Crippen molar-refractivity contribution < 1.29 is 4.79 Å². The van der Waals surface area contributed by atoms with Gasteiger partial charge in [0.1, 0.15) is 0 Å². The number of rotatable bonds is 4. The molecule has 3 rings (SSSR count). The molecule has 0 bridgehead atoms. The van der Waals surface area contributed by atoms with Gasteiger partial charge in [0.15, 0.2) is 5.17 Å². The second-order valence-corrected chi connectivity index (χ2v) is 6.93. The van der Waals surface area contributed by atoms with Gasteiger partial charge >= 0.3 is 0 Å². The van der Waals surface area contributed by atoms with Crippen molar-refractivity contribution in [2.45, 2.75) is 25.0 Å². The Bertz CT molecular complexity index is 743. The zero-order chi connectivity index (χ0) is 16.2. The lowest BCUT2D eigenvalue weighted by atomic mass is 10.1. The SMILES string of the molecule is CCc1ccc(N=C2NC(=O)[C@@H](Cc3ccccc3Cl)S2)cc1. The first-order chi connectivity index (χ1) is 11.2. The quantitative estimate of drug-likeness (QED) is 0.895. The number of carbonyl (C=O) groups is 1. The first kappa shape index (κ1) is 16.1. The Balaban J connectivity index is 1.71. The molecule has 1 aliphatic rings. The van der Waals surface area contributed by atoms with E-state index in [1.807, 2.05) is 36.4 Å². The minimum absolute atomic E-state index is 0.0150. The Kier molecular flexibility index (Phi) is 5.03. The minimum atomic E-state index is -0.191. The molecule has 1 fully saturated rings. The van der Waals surface area contributed by atoms with Crippen molar-refractivity contribution in [2.75, 3.05) is 0 Å². The lowest BCUT2D eigenvalue weighted by Crippen LogP contribution is -2.26. The number of aliphatic imine (C=N–C) groups is 1. The molecule has 0 radical (unpaired) electrons. The van der Waals surface area contributed by atoms with E-state index in [-0.39, 0.29) is 11.2 Å². The third-order valence-corrected chi connectivity index (χ3v) is 5.17. The van der Waals surface area contributed by atoms with Gasteiger partial charge < -0.3 is 5.32 Å². The number of halogens is 1. The van der Waals surface area contributed by atoms with E-state index in [0.717, 1.165) is 17.7 Å². The van der Waals surface area contributed by atoms with Gasteiger partial charge in [-0.1, -0.05) is 60.6 Å². The van der Waals surface area contributed by atoms with Crippen molar-refractivity contribution in [3.63, 3.8) is 0 Å². The highest BCUT2D eigenvalue weighted by atomic mass is 35.5. The van der Waals surface area contributed by atoms with E-state index in [1.54, 1.807) is 0 Å². The van der Waals surface area contributed by atoms with E-state index < -0.39 is 0 Å². The molecule has 0 unspecified atom stereocenters. The Labute approximate surface area is 145 Å². The molecule has 1 saturated heterocycles. The average molecular weight is 345 g/mol. The van der Waals surface area contributed by atoms with Crippen LogP contribution in [0.3, 0.4) is 0 Å². The molecule has 1 N–H and O–H groups in total. The van der Waals surface area contributed by atoms with Gasteiger partial charge in [0, 0.05) is 5.02 Å². The molecular formula is C18H17ClN2OS. The van der Waals surface area contributed by atoms with Gasteiger partial charge in [0.2, 0.25) is 5.91 Å². The molecular weight excluding hydrogens is 328 g/mol. The summed E-state index contributed by atoms with van der Waals surface area (Å²) in [6.45, 7) is 2.12. The van der Waals surface area contributed by atoms with Crippen LogP contribution in [0.1, 0.15) is 18.1 Å². The highest BCUT2D eigenvalue weighted by Gasteiger charge is 2.30. The summed E-state index contributed by atoms with van der Waals surface area (Å²) < 4.78 is 0. The largest absolute Gasteiger partial charge is 0.304 e. The van der Waals surface area contributed by atoms with Crippen molar-refractivity contribution in [1.29, 1.82) is 0 Å². The number of carbonyl (C=O) groups excluding carboxylic acids is 1. The van der Waals surface area contributed by atoms with Gasteiger partial charge in [-0.05, 0) is 42.2 Å². The third kappa shape index (κ3) is 3.95. The molecule has 118 valence electrons. The number of amidine groups is 1. The fourth-order valence-electron chi connectivity index (χ4n) is 2.38. The van der Waals surface area contributed by atoms with Gasteiger partial charge in [-0.2, -0.15) is 0 Å². The molecule has 23 heavy (non-hydrogen) atoms. The van der Waals surface area contributed by atoms with Crippen LogP contribution >= 0.6 is 23.4 Å². The van der Waals surface area contributed by atoms with Crippen molar-refractivity contribution >= 4 is 40.1 Å². The lowest BCUT2D eigenvalue weighted by molar-refractivity contribution is -0.118. The summed E-state index contributed by atoms with van der Waals surface area (Å²) >= 11 is 7.63. The fraction of sp³-hybridized carbons (Fsp3) is 0.222. The summed E-state index contributed by atoms with van der Waals surface area (Å²) in [4.78, 5) is 16.6. The summed E-state index contributed by atoms with van der Waals surface area (Å²) in [7, 11) is 0. The van der Waals surface area contributed by atoms with Crippen LogP contribution in [0, 0.1) is 0 Å². The van der Waals surface area contributed by atoms with E-state index in [2.05, 4.69) is 29.4 Å². The second-order valence-electron chi connectivity index (χ2n) is 5.33. The number of nitrogens with one attached hydrogen (secondary N) is 1. The molecule has 0 aliphatic carbocycles. The zero-order valence-corrected chi connectivity index (χ0v) is 14.3. The van der Waals surface area contributed by atoms with Crippen LogP contribution in [0.2, 0.25) is 5.02 Å². The Morgan fingerprint density at radius 1 is 1.17 bits per heavy atom. The molecule has 1 aliphatic heterocycles. The molecule has 1 heterocycles. The monoisotopic (exact) mass is 344 g/mol. The number of nitrogens with zero attached hydrogens (tertiary/aromatic N) is 1. The second kappa shape index (κ2) is 7.20. The van der Waals surface area contributed by atoms with Crippen molar-refractivity contribution in [2.24, 2.45) is 4.99 Å². The number of aryl methyl sites for hydroxylation is 1. The molecule has 2 aromatic carbocycles. The summed E-state index contributed by atoms with van der Waals surface area (Å²) in [6.07, 6.45) is 1.60. The first-order valence-corrected chi connectivity index (χ1v) is 8.80. The van der Waals surface area contributed by atoms with Gasteiger partial charge in [0.25, 0.3) is 0 Å². The smallest absolute Gasteiger partial charge is 0.239 e. The molecule has 1 atom stereocenters. The maximum absolute atomic E-state index is 12.1. The van der Waals surface area contributed by atoms with E-state index in [0.29, 0.717) is 16.6 Å². The van der Waals surface area contributed by atoms with Crippen molar-refractivity contribution in [1.82, 2.24) is 5.32 Å². The minimum Gasteiger partial charge on any atom is -0.304 e. The molecule has 3 nitrogen and oxygen atoms in total. The van der Waals surface area contributed by atoms with E-state index in [4.69, 9.17) is 11.6 Å². The Hall–Kier alpha value is -1.78. The van der Waals surface area contributed by atoms with Gasteiger partial charge in [0.05, 0.1) is 10.9 Å². The molecule has 0 saturated carbocycles. The Morgan fingerprint density at radius 3 is 2.61 bits per heavy atom. The van der Waals surface area contributed by atoms with Crippen LogP contribution in [0.4, 0.5) is 5.69 Å². The van der Waals surface area contributed by atoms with Crippen LogP contribution in [0.15, 0.2) is 53.5 Å². The van der Waals surface area contributed by atoms with E-state index >= 15 is 0 Å². The van der Waals surface area contributed by atoms with E-state index in [1.165, 1.54) is 17.3 Å². The average Bonchev–Trinajstić information content (AvgIpc) is 2.90. The first-order valence-electron chi connectivity index (χ1n) is 7.54. The molecule has 0 spiro atoms. The maximum atomic E-state index is 12.1. The lowest BCUT2D eigenvalue weighted by Gasteiger charge is -2.06. The summed E-state index contributed by atoms with van der Waals surface area (Å²) in [6, 6.07) is 15.7. The highest BCUT2D eigenvalue weighted by Crippen LogP contribution is 2.28. The molecule has 2 aromatic rings. The van der Waals surface area contributed by atoms with E-state index in [9.17, 15) is 4.79 Å². The molecule has 0 aromatic heterocycles. The number of hydrogen-bond acceptors (Lipinski definition) is 3. The summed E-state index contributed by atoms with van der Waals surface area (Å²) in [5.41, 5.74) is 3.10. The van der Waals surface area contributed by atoms with Crippen molar-refractivity contribution in [3.05, 3.63) is 64.7 Å². The van der Waals surface area contributed by atoms with Crippen LogP contribution in [0.25, 0.3) is 0 Å². The summed E-state index contributed by atoms with van der Waals surface area (Å²) in [5, 5.41) is 4.01. The van der Waals surface area contributed by atoms with Crippen LogP contribution < -0.4 is 5.32 Å². The maximum Gasteiger partial charge on any atom is 0.239 e. The Morgan fingerprint density at radius 2 is 1.91 bits per heavy atom. The van der Waals surface area contributed by atoms with Gasteiger partial charge in [-0.25, -0.2) is 4.99 Å². The third-order valence-electron chi connectivity index (χ3n) is 3.71. The van der Waals surface area contributed by atoms with Gasteiger partial charge in [-0.15, -0.1) is 0 Å². The van der Waals surface area contributed by atoms with Gasteiger partial charge in [-0.3, -0.25) is 4.79 Å². The summed E-state index contributed by atoms with van der Waals surface area (Å²) in [5.74, 6) is -0.0150. The van der Waals surface area contributed by atoms with Crippen LogP contribution in [0.5, 0.6) is 0 Å². The topological polar surface area (TPSA) is 41.5 Å². The van der Waals surface area contributed by atoms with Crippen LogP contribution in [-0.2, 0) is 17.6 Å². The highest BCUT2D eigenvalue weighted by molar-refractivity contribution is 8.15. The predicted octanol–water partition coefficient (Wildman–Crippen LogP) is 4.36. The number of thioether (sulfide) groups is 1. The fourth-order valence-corrected chi connectivity index (χ4v) is 3.61. The standard InChI is InChI=1S/C18H17ClN2OS/c1-2-12-7-9-14(10-8-12)20-18-21-17(22)16(23-18)11-13-5-3-4-6-15(13)19/h3-10,16H,2,11H2,1H3,(H,20,21,22)/t16-/m1/s1. The van der Waals surface area contributed by atoms with Crippen molar-refractivity contribution in [3.8, 4) is 0 Å². The molecule has 5 heteroatoms. The zero-order valence-electron chi connectivity index (χ0n) is 12.8. The van der Waals surface area contributed by atoms with Crippen LogP contribution in [-0.4, -0.2) is 16.3 Å². The normalized spacial score (nSPS) is 19.1. The molecule has 1 amide bonds. The number of amides is 1. The number of hydrogen-bond donors (Lipinski definition) is 1. The predicted molar refractivity (Wildman–Crippen MR) is 97.6 cm³/mol. The number of benzene rings is 2.